The summed E-state index contributed by atoms with van der Waals surface area (Å²) in [5.41, 5.74) is 3.90. The van der Waals surface area contributed by atoms with E-state index >= 15 is 0 Å². The van der Waals surface area contributed by atoms with E-state index in [0.29, 0.717) is 21.5 Å². The molecule has 0 saturated carbocycles. The fraction of sp³-hybridized carbons (Fsp3) is 0.261. The molecule has 0 aromatic heterocycles. The number of rotatable bonds is 10. The molecule has 0 unspecified atom stereocenters. The Morgan fingerprint density at radius 2 is 2.03 bits per heavy atom. The number of ether oxygens (including phenoxy) is 3. The zero-order chi connectivity index (χ0) is 23.3. The van der Waals surface area contributed by atoms with Crippen LogP contribution in [0.5, 0.6) is 11.5 Å². The molecule has 0 heterocycles. The first kappa shape index (κ1) is 24.8. The average Bonchev–Trinajstić information content (AvgIpc) is 2.78. The molecule has 2 aromatic carbocycles. The van der Waals surface area contributed by atoms with Gasteiger partial charge in [-0.25, -0.2) is 10.2 Å². The summed E-state index contributed by atoms with van der Waals surface area (Å²) in [5, 5.41) is 6.69. The molecule has 2 N–H and O–H groups in total. The maximum absolute atomic E-state index is 12.4. The van der Waals surface area contributed by atoms with Crippen LogP contribution in [0.3, 0.4) is 0 Å². The number of hydrogen-bond donors (Lipinski definition) is 2. The molecule has 2 amide bonds. The van der Waals surface area contributed by atoms with Gasteiger partial charge in [-0.3, -0.25) is 4.79 Å². The molecule has 0 aliphatic rings. The van der Waals surface area contributed by atoms with Crippen molar-refractivity contribution >= 4 is 34.1 Å². The number of hydrogen-bond acceptors (Lipinski definition) is 6. The van der Waals surface area contributed by atoms with Gasteiger partial charge < -0.3 is 19.5 Å². The molecule has 0 aliphatic heterocycles. The molecule has 2 aromatic rings. The molecule has 0 saturated heterocycles. The SMILES string of the molecule is C#CCOc1c(Br)cc(/C=N\NC(=O)C[C@@H](NC(=O)OCC)c2ccccc2)cc1OC. The van der Waals surface area contributed by atoms with E-state index in [4.69, 9.17) is 20.6 Å². The normalized spacial score (nSPS) is 11.3. The fourth-order valence-corrected chi connectivity index (χ4v) is 3.30. The maximum atomic E-state index is 12.4. The summed E-state index contributed by atoms with van der Waals surface area (Å²) in [6.07, 6.45) is 6.08. The van der Waals surface area contributed by atoms with E-state index in [9.17, 15) is 9.59 Å². The van der Waals surface area contributed by atoms with Crippen molar-refractivity contribution in [1.29, 1.82) is 0 Å². The van der Waals surface area contributed by atoms with Crippen LogP contribution in [0.15, 0.2) is 52.0 Å². The molecule has 0 bridgehead atoms. The van der Waals surface area contributed by atoms with Gasteiger partial charge in [-0.1, -0.05) is 36.3 Å². The zero-order valence-corrected chi connectivity index (χ0v) is 19.3. The number of amides is 2. The molecule has 8 nitrogen and oxygen atoms in total. The van der Waals surface area contributed by atoms with Crippen LogP contribution in [-0.4, -0.2) is 38.5 Å². The van der Waals surface area contributed by atoms with E-state index in [2.05, 4.69) is 37.7 Å². The Morgan fingerprint density at radius 1 is 1.28 bits per heavy atom. The van der Waals surface area contributed by atoms with Crippen LogP contribution in [0.1, 0.15) is 30.5 Å². The number of benzene rings is 2. The highest BCUT2D eigenvalue weighted by Crippen LogP contribution is 2.36. The molecule has 0 fully saturated rings. The number of methoxy groups -OCH3 is 1. The van der Waals surface area contributed by atoms with Crippen molar-refractivity contribution in [2.75, 3.05) is 20.3 Å². The van der Waals surface area contributed by atoms with Gasteiger partial charge in [-0.15, -0.1) is 6.42 Å². The van der Waals surface area contributed by atoms with Crippen LogP contribution in [0.25, 0.3) is 0 Å². The van der Waals surface area contributed by atoms with Crippen molar-refractivity contribution in [2.24, 2.45) is 5.10 Å². The Morgan fingerprint density at radius 3 is 2.69 bits per heavy atom. The Hall–Kier alpha value is -3.51. The van der Waals surface area contributed by atoms with Crippen molar-refractivity contribution in [3.8, 4) is 23.8 Å². The highest BCUT2D eigenvalue weighted by Gasteiger charge is 2.19. The Balaban J connectivity index is 2.05. The monoisotopic (exact) mass is 501 g/mol. The largest absolute Gasteiger partial charge is 0.493 e. The Bertz CT molecular complexity index is 989. The maximum Gasteiger partial charge on any atom is 0.407 e. The van der Waals surface area contributed by atoms with E-state index in [1.165, 1.54) is 13.3 Å². The molecule has 2 rings (SSSR count). The minimum Gasteiger partial charge on any atom is -0.493 e. The van der Waals surface area contributed by atoms with Crippen LogP contribution in [0.4, 0.5) is 4.79 Å². The molecular weight excluding hydrogens is 478 g/mol. The zero-order valence-electron chi connectivity index (χ0n) is 17.8. The van der Waals surface area contributed by atoms with Gasteiger partial charge in [-0.2, -0.15) is 5.10 Å². The summed E-state index contributed by atoms with van der Waals surface area (Å²) >= 11 is 3.41. The lowest BCUT2D eigenvalue weighted by molar-refractivity contribution is -0.121. The third-order valence-electron chi connectivity index (χ3n) is 4.11. The van der Waals surface area contributed by atoms with E-state index in [1.807, 2.05) is 30.3 Å². The van der Waals surface area contributed by atoms with Gasteiger partial charge in [0.2, 0.25) is 5.91 Å². The number of alkyl carbamates (subject to hydrolysis) is 1. The fourth-order valence-electron chi connectivity index (χ4n) is 2.73. The summed E-state index contributed by atoms with van der Waals surface area (Å²) in [6.45, 7) is 2.04. The Labute approximate surface area is 195 Å². The lowest BCUT2D eigenvalue weighted by Gasteiger charge is -2.18. The molecule has 1 atom stereocenters. The number of nitrogens with zero attached hydrogens (tertiary/aromatic N) is 1. The first-order valence-corrected chi connectivity index (χ1v) is 10.5. The lowest BCUT2D eigenvalue weighted by atomic mass is 10.0. The summed E-state index contributed by atoms with van der Waals surface area (Å²) in [7, 11) is 1.51. The van der Waals surface area contributed by atoms with E-state index < -0.39 is 12.1 Å². The second-order valence-corrected chi connectivity index (χ2v) is 7.21. The van der Waals surface area contributed by atoms with Crippen molar-refractivity contribution < 1.29 is 23.8 Å². The molecule has 0 spiro atoms. The standard InChI is InChI=1S/C23H24BrN3O5/c1-4-11-32-22-18(24)12-16(13-20(22)30-3)15-25-27-21(28)14-19(26-23(29)31-5-2)17-9-7-6-8-10-17/h1,6-10,12-13,15,19H,5,11,14H2,2-3H3,(H,26,29)(H,27,28)/b25-15-/t19-/m1/s1. The molecule has 0 aliphatic carbocycles. The third kappa shape index (κ3) is 7.63. The second-order valence-electron chi connectivity index (χ2n) is 6.35. The van der Waals surface area contributed by atoms with Crippen molar-refractivity contribution in [2.45, 2.75) is 19.4 Å². The predicted molar refractivity (Wildman–Crippen MR) is 125 cm³/mol. The molecule has 0 radical (unpaired) electrons. The second kappa shape index (κ2) is 13.0. The van der Waals surface area contributed by atoms with Crippen molar-refractivity contribution in [3.05, 3.63) is 58.1 Å². The van der Waals surface area contributed by atoms with Gasteiger partial charge in [0.15, 0.2) is 11.5 Å². The minimum absolute atomic E-state index is 0.0218. The quantitative estimate of drug-likeness (QED) is 0.293. The van der Waals surface area contributed by atoms with Crippen LogP contribution >= 0.6 is 15.9 Å². The molecule has 9 heteroatoms. The third-order valence-corrected chi connectivity index (χ3v) is 4.70. The minimum atomic E-state index is -0.596. The van der Waals surface area contributed by atoms with Gasteiger partial charge in [0.1, 0.15) is 6.61 Å². The molecular formula is C23H24BrN3O5. The van der Waals surface area contributed by atoms with Crippen LogP contribution < -0.4 is 20.2 Å². The molecule has 32 heavy (non-hydrogen) atoms. The lowest BCUT2D eigenvalue weighted by Crippen LogP contribution is -2.33. The van der Waals surface area contributed by atoms with Gasteiger partial charge in [0.05, 0.1) is 36.9 Å². The Kier molecular flexibility index (Phi) is 10.1. The van der Waals surface area contributed by atoms with Gasteiger partial charge in [0, 0.05) is 0 Å². The van der Waals surface area contributed by atoms with Crippen molar-refractivity contribution in [3.63, 3.8) is 0 Å². The van der Waals surface area contributed by atoms with Crippen molar-refractivity contribution in [1.82, 2.24) is 10.7 Å². The number of carbonyl (C=O) groups is 2. The first-order valence-electron chi connectivity index (χ1n) is 9.72. The number of carbonyl (C=O) groups excluding carboxylic acids is 2. The summed E-state index contributed by atoms with van der Waals surface area (Å²) in [5.74, 6) is 2.95. The van der Waals surface area contributed by atoms with Crippen LogP contribution in [0, 0.1) is 12.3 Å². The number of hydrazone groups is 1. The first-order chi connectivity index (χ1) is 15.5. The van der Waals surface area contributed by atoms with Gasteiger partial charge in [0.25, 0.3) is 0 Å². The number of nitrogens with one attached hydrogen (secondary N) is 2. The van der Waals surface area contributed by atoms with Crippen LogP contribution in [-0.2, 0) is 9.53 Å². The highest BCUT2D eigenvalue weighted by atomic mass is 79.9. The summed E-state index contributed by atoms with van der Waals surface area (Å²) in [4.78, 5) is 24.3. The smallest absolute Gasteiger partial charge is 0.407 e. The number of terminal acetylenes is 1. The van der Waals surface area contributed by atoms with Gasteiger partial charge >= 0.3 is 6.09 Å². The molecule has 168 valence electrons. The number of halogens is 1. The highest BCUT2D eigenvalue weighted by molar-refractivity contribution is 9.10. The van der Waals surface area contributed by atoms with E-state index in [0.717, 1.165) is 5.56 Å². The van der Waals surface area contributed by atoms with E-state index in [-0.39, 0.29) is 25.5 Å². The van der Waals surface area contributed by atoms with E-state index in [1.54, 1.807) is 19.1 Å². The van der Waals surface area contributed by atoms with Gasteiger partial charge in [-0.05, 0) is 46.1 Å². The summed E-state index contributed by atoms with van der Waals surface area (Å²) in [6, 6.07) is 12.0. The average molecular weight is 502 g/mol. The van der Waals surface area contributed by atoms with Crippen LogP contribution in [0.2, 0.25) is 0 Å². The topological polar surface area (TPSA) is 98.2 Å². The summed E-state index contributed by atoms with van der Waals surface area (Å²) < 4.78 is 16.4. The predicted octanol–water partition coefficient (Wildman–Crippen LogP) is 3.80.